The maximum absolute atomic E-state index is 13.5. The van der Waals surface area contributed by atoms with Gasteiger partial charge in [0.15, 0.2) is 0 Å². The summed E-state index contributed by atoms with van der Waals surface area (Å²) < 4.78 is 37.2. The Labute approximate surface area is 131 Å². The Morgan fingerprint density at radius 1 is 1.32 bits per heavy atom. The number of benzene rings is 1. The Kier molecular flexibility index (Phi) is 5.19. The number of sulfone groups is 1. The van der Waals surface area contributed by atoms with Gasteiger partial charge in [0.2, 0.25) is 19.3 Å². The zero-order valence-electron chi connectivity index (χ0n) is 11.7. The van der Waals surface area contributed by atoms with Crippen LogP contribution in [0.1, 0.15) is 30.1 Å². The fraction of sp³-hybridized carbons (Fsp3) is 0.308. The number of rotatable bonds is 6. The first kappa shape index (κ1) is 16.5. The molecule has 2 aromatic rings. The van der Waals surface area contributed by atoms with Crippen molar-refractivity contribution < 1.29 is 17.6 Å². The minimum absolute atomic E-state index is 0.0145. The van der Waals surface area contributed by atoms with Gasteiger partial charge in [0.05, 0.1) is 11.3 Å². The SMILES string of the molecule is CCCCS(=O)(=O)c1nnc(NC(=O)c2ccccc2F)s1. The Hall–Kier alpha value is -1.87. The van der Waals surface area contributed by atoms with Crippen molar-refractivity contribution in [1.29, 1.82) is 0 Å². The van der Waals surface area contributed by atoms with E-state index in [0.29, 0.717) is 6.42 Å². The molecule has 0 atom stereocenters. The Balaban J connectivity index is 2.13. The van der Waals surface area contributed by atoms with Crippen LogP contribution in [0.25, 0.3) is 0 Å². The molecule has 0 saturated heterocycles. The third-order valence-electron chi connectivity index (χ3n) is 2.78. The van der Waals surface area contributed by atoms with E-state index in [2.05, 4.69) is 15.5 Å². The van der Waals surface area contributed by atoms with Crippen molar-refractivity contribution in [2.24, 2.45) is 0 Å². The number of unbranched alkanes of at least 4 members (excludes halogenated alkanes) is 1. The summed E-state index contributed by atoms with van der Waals surface area (Å²) in [5.41, 5.74) is -0.145. The molecule has 0 saturated carbocycles. The predicted molar refractivity (Wildman–Crippen MR) is 81.2 cm³/mol. The van der Waals surface area contributed by atoms with Crippen LogP contribution >= 0.6 is 11.3 Å². The number of amides is 1. The summed E-state index contributed by atoms with van der Waals surface area (Å²) in [6.45, 7) is 1.88. The van der Waals surface area contributed by atoms with E-state index in [1.165, 1.54) is 18.2 Å². The molecule has 0 unspecified atom stereocenters. The van der Waals surface area contributed by atoms with Crippen molar-refractivity contribution in [1.82, 2.24) is 10.2 Å². The number of aromatic nitrogens is 2. The van der Waals surface area contributed by atoms with Crippen molar-refractivity contribution >= 4 is 32.2 Å². The number of hydrogen-bond donors (Lipinski definition) is 1. The van der Waals surface area contributed by atoms with E-state index >= 15 is 0 Å². The molecule has 6 nitrogen and oxygen atoms in total. The largest absolute Gasteiger partial charge is 0.296 e. The number of halogens is 1. The highest BCUT2D eigenvalue weighted by Gasteiger charge is 2.21. The van der Waals surface area contributed by atoms with Gasteiger partial charge in [-0.25, -0.2) is 12.8 Å². The molecule has 0 fully saturated rings. The summed E-state index contributed by atoms with van der Waals surface area (Å²) in [6, 6.07) is 5.48. The van der Waals surface area contributed by atoms with Gasteiger partial charge < -0.3 is 0 Å². The van der Waals surface area contributed by atoms with E-state index in [1.807, 2.05) is 6.92 Å². The lowest BCUT2D eigenvalue weighted by atomic mass is 10.2. The van der Waals surface area contributed by atoms with Crippen LogP contribution in [0.15, 0.2) is 28.6 Å². The van der Waals surface area contributed by atoms with E-state index in [4.69, 9.17) is 0 Å². The molecule has 1 aromatic carbocycles. The second-order valence-electron chi connectivity index (χ2n) is 4.48. The molecule has 118 valence electrons. The summed E-state index contributed by atoms with van der Waals surface area (Å²) in [5.74, 6) is -1.38. The predicted octanol–water partition coefficient (Wildman–Crippen LogP) is 2.50. The lowest BCUT2D eigenvalue weighted by molar-refractivity contribution is 0.102. The lowest BCUT2D eigenvalue weighted by Crippen LogP contribution is -2.13. The molecule has 0 aliphatic heterocycles. The molecule has 9 heteroatoms. The van der Waals surface area contributed by atoms with Gasteiger partial charge in [-0.15, -0.1) is 10.2 Å². The fourth-order valence-corrected chi connectivity index (χ4v) is 4.09. The van der Waals surface area contributed by atoms with E-state index in [-0.39, 0.29) is 20.8 Å². The summed E-state index contributed by atoms with van der Waals surface area (Å²) in [4.78, 5) is 11.9. The topological polar surface area (TPSA) is 89.0 Å². The summed E-state index contributed by atoms with van der Waals surface area (Å²) in [6.07, 6.45) is 1.27. The van der Waals surface area contributed by atoms with Gasteiger partial charge in [0.25, 0.3) is 5.91 Å². The number of nitrogens with zero attached hydrogens (tertiary/aromatic N) is 2. The van der Waals surface area contributed by atoms with Crippen LogP contribution in [0.2, 0.25) is 0 Å². The third-order valence-corrected chi connectivity index (χ3v) is 5.86. The van der Waals surface area contributed by atoms with Crippen molar-refractivity contribution in [3.8, 4) is 0 Å². The molecule has 2 rings (SSSR count). The minimum atomic E-state index is -3.49. The maximum atomic E-state index is 13.5. The van der Waals surface area contributed by atoms with E-state index in [0.717, 1.165) is 23.8 Å². The number of anilines is 1. The smallest absolute Gasteiger partial charge is 0.260 e. The molecule has 0 aliphatic carbocycles. The molecule has 0 spiro atoms. The zero-order chi connectivity index (χ0) is 16.2. The highest BCUT2D eigenvalue weighted by molar-refractivity contribution is 7.93. The van der Waals surface area contributed by atoms with Crippen molar-refractivity contribution in [2.75, 3.05) is 11.1 Å². The standard InChI is InChI=1S/C13H14FN3O3S2/c1-2-3-8-22(19,20)13-17-16-12(21-13)15-11(18)9-6-4-5-7-10(9)14/h4-7H,2-3,8H2,1H3,(H,15,16,18). The fourth-order valence-electron chi connectivity index (χ4n) is 1.62. The zero-order valence-corrected chi connectivity index (χ0v) is 13.4. The summed E-state index contributed by atoms with van der Waals surface area (Å²) >= 11 is 0.755. The Morgan fingerprint density at radius 2 is 2.05 bits per heavy atom. The highest BCUT2D eigenvalue weighted by Crippen LogP contribution is 2.22. The number of carbonyl (C=O) groups excluding carboxylic acids is 1. The molecular formula is C13H14FN3O3S2. The molecule has 1 amide bonds. The van der Waals surface area contributed by atoms with Gasteiger partial charge in [-0.05, 0) is 18.6 Å². The first-order chi connectivity index (χ1) is 10.4. The van der Waals surface area contributed by atoms with Crippen LogP contribution in [0, 0.1) is 5.82 Å². The van der Waals surface area contributed by atoms with Gasteiger partial charge in [-0.3, -0.25) is 10.1 Å². The van der Waals surface area contributed by atoms with Gasteiger partial charge in [0, 0.05) is 0 Å². The Morgan fingerprint density at radius 3 is 2.73 bits per heavy atom. The molecule has 0 bridgehead atoms. The molecule has 1 N–H and O–H groups in total. The summed E-state index contributed by atoms with van der Waals surface area (Å²) in [7, 11) is -3.49. The normalized spacial score (nSPS) is 11.4. The third kappa shape index (κ3) is 3.86. The van der Waals surface area contributed by atoms with Crippen LogP contribution in [0.5, 0.6) is 0 Å². The molecule has 1 aromatic heterocycles. The highest BCUT2D eigenvalue weighted by atomic mass is 32.2. The summed E-state index contributed by atoms with van der Waals surface area (Å²) in [5, 5.41) is 9.57. The van der Waals surface area contributed by atoms with Gasteiger partial charge >= 0.3 is 0 Å². The quantitative estimate of drug-likeness (QED) is 0.814. The minimum Gasteiger partial charge on any atom is -0.296 e. The van der Waals surface area contributed by atoms with Gasteiger partial charge in [0.1, 0.15) is 5.82 Å². The molecule has 0 aliphatic rings. The molecule has 0 radical (unpaired) electrons. The van der Waals surface area contributed by atoms with Gasteiger partial charge in [-0.1, -0.05) is 36.8 Å². The Bertz CT molecular complexity index is 774. The first-order valence-electron chi connectivity index (χ1n) is 6.56. The van der Waals surface area contributed by atoms with Crippen molar-refractivity contribution in [3.63, 3.8) is 0 Å². The van der Waals surface area contributed by atoms with Crippen LogP contribution in [0.3, 0.4) is 0 Å². The number of hydrogen-bond acceptors (Lipinski definition) is 6. The molecule has 1 heterocycles. The van der Waals surface area contributed by atoms with Gasteiger partial charge in [-0.2, -0.15) is 0 Å². The van der Waals surface area contributed by atoms with Crippen molar-refractivity contribution in [2.45, 2.75) is 24.1 Å². The van der Waals surface area contributed by atoms with Crippen molar-refractivity contribution in [3.05, 3.63) is 35.6 Å². The van der Waals surface area contributed by atoms with Crippen LogP contribution in [-0.4, -0.2) is 30.3 Å². The first-order valence-corrected chi connectivity index (χ1v) is 9.03. The number of carbonyl (C=O) groups is 1. The van der Waals surface area contributed by atoms with Crippen LogP contribution in [-0.2, 0) is 9.84 Å². The molecule has 22 heavy (non-hydrogen) atoms. The van der Waals surface area contributed by atoms with Crippen LogP contribution in [0.4, 0.5) is 9.52 Å². The number of nitrogens with one attached hydrogen (secondary N) is 1. The second-order valence-corrected chi connectivity index (χ2v) is 7.74. The monoisotopic (exact) mass is 343 g/mol. The van der Waals surface area contributed by atoms with E-state index in [1.54, 1.807) is 0 Å². The maximum Gasteiger partial charge on any atom is 0.260 e. The average Bonchev–Trinajstić information content (AvgIpc) is 2.95. The molecular weight excluding hydrogens is 329 g/mol. The van der Waals surface area contributed by atoms with E-state index in [9.17, 15) is 17.6 Å². The average molecular weight is 343 g/mol. The lowest BCUT2D eigenvalue weighted by Gasteiger charge is -2.01. The van der Waals surface area contributed by atoms with Crippen LogP contribution < -0.4 is 5.32 Å². The second kappa shape index (κ2) is 6.93. The van der Waals surface area contributed by atoms with E-state index < -0.39 is 21.6 Å².